The summed E-state index contributed by atoms with van der Waals surface area (Å²) in [6.45, 7) is 6.51. The predicted octanol–water partition coefficient (Wildman–Crippen LogP) is 5.48. The van der Waals surface area contributed by atoms with Crippen LogP contribution in [0.4, 0.5) is 15.5 Å². The van der Waals surface area contributed by atoms with Gasteiger partial charge in [-0.05, 0) is 46.7 Å². The third kappa shape index (κ3) is 3.68. The molecule has 0 radical (unpaired) electrons. The average Bonchev–Trinajstić information content (AvgIpc) is 3.17. The molecule has 3 rings (SSSR count). The Morgan fingerprint density at radius 1 is 1.00 bits per heavy atom. The van der Waals surface area contributed by atoms with E-state index in [9.17, 15) is 4.79 Å². The summed E-state index contributed by atoms with van der Waals surface area (Å²) in [6.07, 6.45) is 3.91. The van der Waals surface area contributed by atoms with Gasteiger partial charge in [0.05, 0.1) is 5.69 Å². The van der Waals surface area contributed by atoms with Gasteiger partial charge in [-0.15, -0.1) is 11.3 Å². The van der Waals surface area contributed by atoms with Gasteiger partial charge in [-0.25, -0.2) is 4.79 Å². The molecule has 0 aliphatic carbocycles. The lowest BCUT2D eigenvalue weighted by Gasteiger charge is -2.19. The number of anilines is 2. The first-order valence-electron chi connectivity index (χ1n) is 7.83. The Labute approximate surface area is 146 Å². The van der Waals surface area contributed by atoms with Crippen molar-refractivity contribution in [3.05, 3.63) is 65.8 Å². The molecule has 2 aromatic heterocycles. The second-order valence-corrected chi connectivity index (χ2v) is 7.55. The normalized spacial score (nSPS) is 11.3. The SMILES string of the molecule is CC(C)(C)c1ccc(NC(=O)Nc2sccc2-n2cccc2)cc1. The molecule has 2 amide bonds. The van der Waals surface area contributed by atoms with E-state index in [1.165, 1.54) is 16.9 Å². The zero-order valence-corrected chi connectivity index (χ0v) is 14.9. The highest BCUT2D eigenvalue weighted by molar-refractivity contribution is 7.14. The first-order valence-corrected chi connectivity index (χ1v) is 8.71. The number of benzene rings is 1. The summed E-state index contributed by atoms with van der Waals surface area (Å²) in [7, 11) is 0. The molecule has 3 aromatic rings. The number of carbonyl (C=O) groups is 1. The molecule has 5 heteroatoms. The second-order valence-electron chi connectivity index (χ2n) is 6.63. The number of urea groups is 1. The minimum Gasteiger partial charge on any atom is -0.321 e. The van der Waals surface area contributed by atoms with Gasteiger partial charge in [0.15, 0.2) is 0 Å². The number of hydrogen-bond acceptors (Lipinski definition) is 2. The first-order chi connectivity index (χ1) is 11.4. The van der Waals surface area contributed by atoms with Gasteiger partial charge in [-0.2, -0.15) is 0 Å². The van der Waals surface area contributed by atoms with Crippen LogP contribution < -0.4 is 10.6 Å². The smallest absolute Gasteiger partial charge is 0.321 e. The van der Waals surface area contributed by atoms with Crippen LogP contribution >= 0.6 is 11.3 Å². The molecule has 1 aromatic carbocycles. The molecule has 0 aliphatic heterocycles. The van der Waals surface area contributed by atoms with E-state index >= 15 is 0 Å². The van der Waals surface area contributed by atoms with Gasteiger partial charge in [0.1, 0.15) is 5.00 Å². The van der Waals surface area contributed by atoms with Gasteiger partial charge < -0.3 is 9.88 Å². The molecule has 0 spiro atoms. The monoisotopic (exact) mass is 339 g/mol. The van der Waals surface area contributed by atoms with E-state index in [1.54, 1.807) is 0 Å². The molecule has 0 atom stereocenters. The number of thiophene rings is 1. The Morgan fingerprint density at radius 2 is 1.67 bits per heavy atom. The van der Waals surface area contributed by atoms with Crippen molar-refractivity contribution < 1.29 is 4.79 Å². The minimum absolute atomic E-state index is 0.101. The molecular weight excluding hydrogens is 318 g/mol. The van der Waals surface area contributed by atoms with E-state index in [2.05, 4.69) is 31.4 Å². The summed E-state index contributed by atoms with van der Waals surface area (Å²) in [5.74, 6) is 0. The van der Waals surface area contributed by atoms with Gasteiger partial charge in [0, 0.05) is 18.1 Å². The highest BCUT2D eigenvalue weighted by atomic mass is 32.1. The van der Waals surface area contributed by atoms with Crippen LogP contribution in [0.5, 0.6) is 0 Å². The zero-order valence-electron chi connectivity index (χ0n) is 14.0. The quantitative estimate of drug-likeness (QED) is 0.652. The molecule has 0 fully saturated rings. The Kier molecular flexibility index (Phi) is 4.44. The van der Waals surface area contributed by atoms with E-state index in [1.807, 2.05) is 64.8 Å². The van der Waals surface area contributed by atoms with Crippen molar-refractivity contribution in [2.24, 2.45) is 0 Å². The van der Waals surface area contributed by atoms with Crippen molar-refractivity contribution in [2.45, 2.75) is 26.2 Å². The Bertz CT molecular complexity index is 811. The summed E-state index contributed by atoms with van der Waals surface area (Å²) in [6, 6.07) is 13.6. The number of rotatable bonds is 3. The maximum atomic E-state index is 12.3. The van der Waals surface area contributed by atoms with Gasteiger partial charge in [0.2, 0.25) is 0 Å². The van der Waals surface area contributed by atoms with E-state index < -0.39 is 0 Å². The lowest BCUT2D eigenvalue weighted by atomic mass is 9.87. The molecule has 0 aliphatic rings. The summed E-state index contributed by atoms with van der Waals surface area (Å²) in [4.78, 5) is 12.3. The fourth-order valence-electron chi connectivity index (χ4n) is 2.41. The molecule has 0 unspecified atom stereocenters. The third-order valence-electron chi connectivity index (χ3n) is 3.76. The number of aromatic nitrogens is 1. The zero-order chi connectivity index (χ0) is 17.2. The van der Waals surface area contributed by atoms with E-state index in [4.69, 9.17) is 0 Å². The van der Waals surface area contributed by atoms with E-state index in [0.717, 1.165) is 16.4 Å². The van der Waals surface area contributed by atoms with Crippen molar-refractivity contribution in [1.29, 1.82) is 0 Å². The number of nitrogens with zero attached hydrogens (tertiary/aromatic N) is 1. The highest BCUT2D eigenvalue weighted by Gasteiger charge is 2.14. The molecule has 0 saturated heterocycles. The Balaban J connectivity index is 1.68. The number of carbonyl (C=O) groups excluding carboxylic acids is 1. The summed E-state index contributed by atoms with van der Waals surface area (Å²) in [5.41, 5.74) is 3.08. The number of hydrogen-bond donors (Lipinski definition) is 2. The van der Waals surface area contributed by atoms with Crippen LogP contribution in [0.25, 0.3) is 5.69 Å². The van der Waals surface area contributed by atoms with Crippen LogP contribution in [0.1, 0.15) is 26.3 Å². The minimum atomic E-state index is -0.241. The van der Waals surface area contributed by atoms with Gasteiger partial charge >= 0.3 is 6.03 Å². The lowest BCUT2D eigenvalue weighted by molar-refractivity contribution is 0.262. The van der Waals surface area contributed by atoms with Crippen molar-refractivity contribution in [3.8, 4) is 5.69 Å². The highest BCUT2D eigenvalue weighted by Crippen LogP contribution is 2.27. The van der Waals surface area contributed by atoms with Crippen LogP contribution in [0.2, 0.25) is 0 Å². The van der Waals surface area contributed by atoms with E-state index in [0.29, 0.717) is 0 Å². The van der Waals surface area contributed by atoms with Crippen LogP contribution in [-0.4, -0.2) is 10.6 Å². The maximum Gasteiger partial charge on any atom is 0.324 e. The fourth-order valence-corrected chi connectivity index (χ4v) is 3.19. The number of nitrogens with one attached hydrogen (secondary N) is 2. The fraction of sp³-hybridized carbons (Fsp3) is 0.211. The first kappa shape index (κ1) is 16.3. The molecule has 24 heavy (non-hydrogen) atoms. The third-order valence-corrected chi connectivity index (χ3v) is 4.58. The molecule has 0 bridgehead atoms. The largest absolute Gasteiger partial charge is 0.324 e. The van der Waals surface area contributed by atoms with E-state index in [-0.39, 0.29) is 11.4 Å². The van der Waals surface area contributed by atoms with Crippen molar-refractivity contribution >= 4 is 28.1 Å². The standard InChI is InChI=1S/C19H21N3OS/c1-19(2,3)14-6-8-15(9-7-14)20-18(23)21-17-16(10-13-24-17)22-11-4-5-12-22/h4-13H,1-3H3,(H2,20,21,23). The Morgan fingerprint density at radius 3 is 2.29 bits per heavy atom. The van der Waals surface area contributed by atoms with Crippen molar-refractivity contribution in [2.75, 3.05) is 10.6 Å². The predicted molar refractivity (Wildman–Crippen MR) is 101 cm³/mol. The van der Waals surface area contributed by atoms with Gasteiger partial charge in [0.25, 0.3) is 0 Å². The second kappa shape index (κ2) is 6.53. The van der Waals surface area contributed by atoms with Crippen LogP contribution in [0, 0.1) is 0 Å². The van der Waals surface area contributed by atoms with Crippen LogP contribution in [0.3, 0.4) is 0 Å². The molecule has 2 N–H and O–H groups in total. The molecular formula is C19H21N3OS. The molecule has 124 valence electrons. The Hall–Kier alpha value is -2.53. The van der Waals surface area contributed by atoms with Crippen LogP contribution in [-0.2, 0) is 5.41 Å². The van der Waals surface area contributed by atoms with Crippen molar-refractivity contribution in [1.82, 2.24) is 4.57 Å². The summed E-state index contributed by atoms with van der Waals surface area (Å²) >= 11 is 1.50. The van der Waals surface area contributed by atoms with Crippen molar-refractivity contribution in [3.63, 3.8) is 0 Å². The maximum absolute atomic E-state index is 12.3. The summed E-state index contributed by atoms with van der Waals surface area (Å²) < 4.78 is 1.98. The molecule has 0 saturated carbocycles. The number of amides is 2. The molecule has 4 nitrogen and oxygen atoms in total. The summed E-state index contributed by atoms with van der Waals surface area (Å²) in [5, 5.41) is 8.57. The van der Waals surface area contributed by atoms with Gasteiger partial charge in [-0.3, -0.25) is 5.32 Å². The topological polar surface area (TPSA) is 46.1 Å². The molecule has 2 heterocycles. The van der Waals surface area contributed by atoms with Crippen LogP contribution in [0.15, 0.2) is 60.2 Å². The average molecular weight is 339 g/mol. The van der Waals surface area contributed by atoms with Gasteiger partial charge in [-0.1, -0.05) is 32.9 Å². The lowest BCUT2D eigenvalue weighted by Crippen LogP contribution is -2.19.